The predicted molar refractivity (Wildman–Crippen MR) is 91.4 cm³/mol. The lowest BCUT2D eigenvalue weighted by Gasteiger charge is -2.21. The first kappa shape index (κ1) is 18.8. The Hall–Kier alpha value is -1.26. The number of amides is 2. The normalized spacial score (nSPS) is 10.6. The summed E-state index contributed by atoms with van der Waals surface area (Å²) >= 11 is 11.9. The molecule has 2 amide bonds. The van der Waals surface area contributed by atoms with Crippen LogP contribution in [-0.4, -0.2) is 29.8 Å². The summed E-state index contributed by atoms with van der Waals surface area (Å²) in [5, 5.41) is 3.65. The number of nitrogens with one attached hydrogen (secondary N) is 1. The van der Waals surface area contributed by atoms with Crippen LogP contribution in [0.2, 0.25) is 10.0 Å². The monoisotopic (exact) mass is 344 g/mol. The van der Waals surface area contributed by atoms with Crippen molar-refractivity contribution >= 4 is 40.7 Å². The van der Waals surface area contributed by atoms with Crippen LogP contribution in [-0.2, 0) is 9.59 Å². The van der Waals surface area contributed by atoms with Gasteiger partial charge in [0.1, 0.15) is 0 Å². The molecule has 122 valence electrons. The van der Waals surface area contributed by atoms with Crippen LogP contribution in [0.4, 0.5) is 5.69 Å². The molecule has 4 nitrogen and oxygen atoms in total. The first-order chi connectivity index (χ1) is 10.3. The highest BCUT2D eigenvalue weighted by atomic mass is 35.5. The van der Waals surface area contributed by atoms with Crippen molar-refractivity contribution in [3.63, 3.8) is 0 Å². The maximum atomic E-state index is 12.0. The summed E-state index contributed by atoms with van der Waals surface area (Å²) < 4.78 is 0. The molecule has 1 aromatic rings. The zero-order valence-electron chi connectivity index (χ0n) is 13.2. The first-order valence-electron chi connectivity index (χ1n) is 7.30. The lowest BCUT2D eigenvalue weighted by molar-refractivity contribution is -0.129. The second-order valence-electron chi connectivity index (χ2n) is 5.61. The van der Waals surface area contributed by atoms with E-state index in [9.17, 15) is 9.59 Å². The lowest BCUT2D eigenvalue weighted by atomic mass is 10.1. The van der Waals surface area contributed by atoms with E-state index in [1.54, 1.807) is 23.1 Å². The van der Waals surface area contributed by atoms with Crippen molar-refractivity contribution in [3.8, 4) is 0 Å². The molecule has 0 aromatic heterocycles. The third kappa shape index (κ3) is 6.67. The number of nitrogens with zero attached hydrogens (tertiary/aromatic N) is 1. The van der Waals surface area contributed by atoms with Gasteiger partial charge in [-0.05, 0) is 30.5 Å². The van der Waals surface area contributed by atoms with Crippen LogP contribution in [0.15, 0.2) is 18.2 Å². The van der Waals surface area contributed by atoms with Crippen molar-refractivity contribution in [1.29, 1.82) is 0 Å². The van der Waals surface area contributed by atoms with Crippen LogP contribution in [0, 0.1) is 5.92 Å². The van der Waals surface area contributed by atoms with Crippen molar-refractivity contribution in [1.82, 2.24) is 4.90 Å². The zero-order valence-corrected chi connectivity index (χ0v) is 14.7. The number of carbonyl (C=O) groups excluding carboxylic acids is 2. The van der Waals surface area contributed by atoms with Crippen molar-refractivity contribution in [2.45, 2.75) is 33.6 Å². The summed E-state index contributed by atoms with van der Waals surface area (Å²) in [6, 6.07) is 4.89. The number of hydrogen-bond acceptors (Lipinski definition) is 2. The summed E-state index contributed by atoms with van der Waals surface area (Å²) in [4.78, 5) is 25.3. The maximum absolute atomic E-state index is 12.0. The van der Waals surface area contributed by atoms with Gasteiger partial charge in [0, 0.05) is 31.5 Å². The van der Waals surface area contributed by atoms with E-state index >= 15 is 0 Å². The van der Waals surface area contributed by atoms with E-state index in [1.165, 1.54) is 6.92 Å². The molecule has 1 aromatic carbocycles. The van der Waals surface area contributed by atoms with Gasteiger partial charge in [0.25, 0.3) is 0 Å². The fraction of sp³-hybridized carbons (Fsp3) is 0.500. The Bertz CT molecular complexity index is 533. The molecule has 1 rings (SSSR count). The third-order valence-corrected chi connectivity index (χ3v) is 3.80. The number of hydrogen-bond donors (Lipinski definition) is 1. The van der Waals surface area contributed by atoms with Crippen LogP contribution in [0.3, 0.4) is 0 Å². The number of carbonyl (C=O) groups is 2. The summed E-state index contributed by atoms with van der Waals surface area (Å²) in [5.74, 6) is 0.301. The molecule has 1 N–H and O–H groups in total. The van der Waals surface area contributed by atoms with Gasteiger partial charge in [0.15, 0.2) is 0 Å². The van der Waals surface area contributed by atoms with E-state index < -0.39 is 0 Å². The molecule has 0 fully saturated rings. The molecule has 0 spiro atoms. The minimum absolute atomic E-state index is 0.0192. The summed E-state index contributed by atoms with van der Waals surface area (Å²) in [6.07, 6.45) is 1.14. The highest BCUT2D eigenvalue weighted by Gasteiger charge is 2.13. The van der Waals surface area contributed by atoms with Gasteiger partial charge in [0.2, 0.25) is 11.8 Å². The van der Waals surface area contributed by atoms with Crippen LogP contribution in [0.1, 0.15) is 33.6 Å². The number of rotatable bonds is 7. The average Bonchev–Trinajstić information content (AvgIpc) is 2.42. The Morgan fingerprint density at radius 2 is 1.91 bits per heavy atom. The van der Waals surface area contributed by atoms with Gasteiger partial charge in [0.05, 0.1) is 10.7 Å². The SMILES string of the molecule is CC(=O)N(CCC(=O)Nc1cc(Cl)ccc1Cl)CCC(C)C. The lowest BCUT2D eigenvalue weighted by Crippen LogP contribution is -2.33. The van der Waals surface area contributed by atoms with E-state index in [0.29, 0.717) is 34.7 Å². The predicted octanol–water partition coefficient (Wildman–Crippen LogP) is 4.22. The van der Waals surface area contributed by atoms with E-state index in [2.05, 4.69) is 19.2 Å². The van der Waals surface area contributed by atoms with Crippen LogP contribution in [0.5, 0.6) is 0 Å². The largest absolute Gasteiger partial charge is 0.342 e. The molecular weight excluding hydrogens is 323 g/mol. The summed E-state index contributed by atoms with van der Waals surface area (Å²) in [5.41, 5.74) is 0.482. The molecule has 0 heterocycles. The van der Waals surface area contributed by atoms with Crippen LogP contribution in [0.25, 0.3) is 0 Å². The van der Waals surface area contributed by atoms with Crippen molar-refractivity contribution in [2.75, 3.05) is 18.4 Å². The molecule has 0 aliphatic heterocycles. The molecule has 0 unspecified atom stereocenters. The minimum atomic E-state index is -0.194. The molecular formula is C16H22Cl2N2O2. The van der Waals surface area contributed by atoms with Crippen molar-refractivity contribution < 1.29 is 9.59 Å². The number of anilines is 1. The van der Waals surface area contributed by atoms with Gasteiger partial charge >= 0.3 is 0 Å². The Balaban J connectivity index is 2.53. The second kappa shape index (κ2) is 9.01. The molecule has 0 atom stereocenters. The smallest absolute Gasteiger partial charge is 0.226 e. The van der Waals surface area contributed by atoms with Gasteiger partial charge in [-0.2, -0.15) is 0 Å². The topological polar surface area (TPSA) is 49.4 Å². The molecule has 0 bridgehead atoms. The summed E-state index contributed by atoms with van der Waals surface area (Å²) in [6.45, 7) is 6.79. The quantitative estimate of drug-likeness (QED) is 0.804. The molecule has 0 radical (unpaired) electrons. The van der Waals surface area contributed by atoms with E-state index in [0.717, 1.165) is 6.42 Å². The molecule has 0 aliphatic carbocycles. The zero-order chi connectivity index (χ0) is 16.7. The fourth-order valence-electron chi connectivity index (χ4n) is 1.88. The molecule has 0 saturated heterocycles. The highest BCUT2D eigenvalue weighted by Crippen LogP contribution is 2.25. The van der Waals surface area contributed by atoms with Gasteiger partial charge in [-0.25, -0.2) is 0 Å². The molecule has 6 heteroatoms. The van der Waals surface area contributed by atoms with Crippen LogP contribution < -0.4 is 5.32 Å². The van der Waals surface area contributed by atoms with Gasteiger partial charge in [-0.15, -0.1) is 0 Å². The Labute approximate surface area is 141 Å². The maximum Gasteiger partial charge on any atom is 0.226 e. The molecule has 22 heavy (non-hydrogen) atoms. The van der Waals surface area contributed by atoms with E-state index in [4.69, 9.17) is 23.2 Å². The van der Waals surface area contributed by atoms with E-state index in [1.807, 2.05) is 0 Å². The van der Waals surface area contributed by atoms with Crippen molar-refractivity contribution in [2.24, 2.45) is 5.92 Å². The summed E-state index contributed by atoms with van der Waals surface area (Å²) in [7, 11) is 0. The fourth-order valence-corrected chi connectivity index (χ4v) is 2.22. The van der Waals surface area contributed by atoms with Crippen LogP contribution >= 0.6 is 23.2 Å². The van der Waals surface area contributed by atoms with Crippen molar-refractivity contribution in [3.05, 3.63) is 28.2 Å². The van der Waals surface area contributed by atoms with Gasteiger partial charge in [-0.3, -0.25) is 9.59 Å². The van der Waals surface area contributed by atoms with Gasteiger partial charge in [-0.1, -0.05) is 37.0 Å². The Morgan fingerprint density at radius 1 is 1.23 bits per heavy atom. The Morgan fingerprint density at radius 3 is 2.50 bits per heavy atom. The Kier molecular flexibility index (Phi) is 7.69. The second-order valence-corrected chi connectivity index (χ2v) is 6.45. The standard InChI is InChI=1S/C16H22Cl2N2O2/c1-11(2)6-8-20(12(3)21)9-7-16(22)19-15-10-13(17)4-5-14(15)18/h4-5,10-11H,6-9H2,1-3H3,(H,19,22). The minimum Gasteiger partial charge on any atom is -0.342 e. The first-order valence-corrected chi connectivity index (χ1v) is 8.05. The number of benzene rings is 1. The third-order valence-electron chi connectivity index (χ3n) is 3.23. The van der Waals surface area contributed by atoms with Gasteiger partial charge < -0.3 is 10.2 Å². The average molecular weight is 345 g/mol. The molecule has 0 aliphatic rings. The number of halogens is 2. The molecule has 0 saturated carbocycles. The van der Waals surface area contributed by atoms with E-state index in [-0.39, 0.29) is 18.2 Å². The highest BCUT2D eigenvalue weighted by molar-refractivity contribution is 6.35.